The molecule has 2 heterocycles. The zero-order valence-corrected chi connectivity index (χ0v) is 18.8. The van der Waals surface area contributed by atoms with Crippen molar-refractivity contribution in [2.45, 2.75) is 18.6 Å². The van der Waals surface area contributed by atoms with Gasteiger partial charge >= 0.3 is 6.09 Å². The van der Waals surface area contributed by atoms with Crippen LogP contribution >= 0.6 is 15.9 Å². The molecule has 2 aliphatic rings. The van der Waals surface area contributed by atoms with E-state index in [-0.39, 0.29) is 24.0 Å². The monoisotopic (exact) mass is 482 g/mol. The number of fused-ring (bicyclic) bond motifs is 3. The Labute approximate surface area is 188 Å². The molecule has 2 aliphatic carbocycles. The first-order valence-corrected chi connectivity index (χ1v) is 10.9. The number of benzene rings is 1. The number of primary amides is 1. The molecule has 0 unspecified atom stereocenters. The van der Waals surface area contributed by atoms with Crippen molar-refractivity contribution in [1.29, 1.82) is 0 Å². The van der Waals surface area contributed by atoms with E-state index in [0.717, 1.165) is 39.2 Å². The van der Waals surface area contributed by atoms with Gasteiger partial charge in [0, 0.05) is 43.4 Å². The van der Waals surface area contributed by atoms with E-state index in [1.165, 1.54) is 0 Å². The van der Waals surface area contributed by atoms with Crippen LogP contribution in [0.1, 0.15) is 6.42 Å². The third-order valence-electron chi connectivity index (χ3n) is 6.06. The van der Waals surface area contributed by atoms with E-state index in [1.54, 1.807) is 6.20 Å². The highest BCUT2D eigenvalue weighted by Crippen LogP contribution is 2.44. The summed E-state index contributed by atoms with van der Waals surface area (Å²) in [6.45, 7) is 0. The van der Waals surface area contributed by atoms with Gasteiger partial charge in [-0.05, 0) is 34.5 Å². The van der Waals surface area contributed by atoms with Gasteiger partial charge in [-0.1, -0.05) is 24.3 Å². The first kappa shape index (κ1) is 19.9. The van der Waals surface area contributed by atoms with Gasteiger partial charge in [-0.3, -0.25) is 0 Å². The van der Waals surface area contributed by atoms with E-state index in [2.05, 4.69) is 60.4 Å². The Morgan fingerprint density at radius 1 is 1.32 bits per heavy atom. The maximum absolute atomic E-state index is 11.5. The molecular weight excluding hydrogens is 460 g/mol. The molecule has 9 heteroatoms. The number of H-pyrrole nitrogens is 1. The van der Waals surface area contributed by atoms with Crippen LogP contribution < -0.4 is 16.0 Å². The van der Waals surface area contributed by atoms with E-state index in [9.17, 15) is 4.79 Å². The van der Waals surface area contributed by atoms with Crippen LogP contribution in [0.5, 0.6) is 0 Å². The lowest BCUT2D eigenvalue weighted by Crippen LogP contribution is -2.41. The quantitative estimate of drug-likeness (QED) is 0.475. The molecule has 4 N–H and O–H groups in total. The predicted octanol–water partition coefficient (Wildman–Crippen LogP) is 3.90. The van der Waals surface area contributed by atoms with Crippen molar-refractivity contribution < 1.29 is 9.53 Å². The van der Waals surface area contributed by atoms with Crippen LogP contribution in [0.25, 0.3) is 22.6 Å². The van der Waals surface area contributed by atoms with E-state index < -0.39 is 6.09 Å². The number of amides is 1. The minimum atomic E-state index is -0.749. The molecule has 0 aliphatic heterocycles. The molecule has 0 radical (unpaired) electrons. The van der Waals surface area contributed by atoms with E-state index >= 15 is 0 Å². The number of aromatic amines is 1. The average Bonchev–Trinajstić information content (AvgIpc) is 3.45. The fourth-order valence-corrected chi connectivity index (χ4v) is 4.99. The second-order valence-electron chi connectivity index (χ2n) is 8.23. The van der Waals surface area contributed by atoms with Crippen LogP contribution in [0.2, 0.25) is 0 Å². The minimum Gasteiger partial charge on any atom is -0.444 e. The SMILES string of the molecule is CN(C)c1cccc(-c2nc3ncc(Br)c(N[C@H]4[C@@H](OC(N)=O)[C@@H]5C=C[C@H]4C5)c3[nH]2)c1. The molecule has 31 heavy (non-hydrogen) atoms. The fourth-order valence-electron chi connectivity index (χ4n) is 4.57. The molecule has 2 bridgehead atoms. The molecule has 2 aromatic heterocycles. The zero-order chi connectivity index (χ0) is 21.7. The van der Waals surface area contributed by atoms with Crippen LogP contribution in [0.3, 0.4) is 0 Å². The summed E-state index contributed by atoms with van der Waals surface area (Å²) in [6, 6.07) is 8.08. The van der Waals surface area contributed by atoms with Gasteiger partial charge in [0.05, 0.1) is 16.2 Å². The Balaban J connectivity index is 1.52. The Morgan fingerprint density at radius 2 is 2.13 bits per heavy atom. The minimum absolute atomic E-state index is 0.0757. The predicted molar refractivity (Wildman–Crippen MR) is 124 cm³/mol. The summed E-state index contributed by atoms with van der Waals surface area (Å²) in [5.74, 6) is 1.19. The Bertz CT molecular complexity index is 1190. The van der Waals surface area contributed by atoms with Crippen LogP contribution in [0.4, 0.5) is 16.2 Å². The molecule has 1 fully saturated rings. The third-order valence-corrected chi connectivity index (χ3v) is 6.66. The lowest BCUT2D eigenvalue weighted by Gasteiger charge is -2.29. The molecule has 1 amide bonds. The summed E-state index contributed by atoms with van der Waals surface area (Å²) in [5, 5.41) is 3.58. The van der Waals surface area contributed by atoms with E-state index in [0.29, 0.717) is 5.65 Å². The van der Waals surface area contributed by atoms with Crippen molar-refractivity contribution in [3.05, 3.63) is 47.1 Å². The molecule has 160 valence electrons. The number of anilines is 2. The summed E-state index contributed by atoms with van der Waals surface area (Å²) in [4.78, 5) is 26.1. The number of halogens is 1. The van der Waals surface area contributed by atoms with Gasteiger partial charge in [-0.2, -0.15) is 0 Å². The van der Waals surface area contributed by atoms with Crippen LogP contribution in [0, 0.1) is 11.8 Å². The van der Waals surface area contributed by atoms with Gasteiger partial charge in [0.2, 0.25) is 0 Å². The van der Waals surface area contributed by atoms with Crippen molar-refractivity contribution in [2.24, 2.45) is 17.6 Å². The molecule has 5 rings (SSSR count). The number of aromatic nitrogens is 3. The molecule has 0 saturated heterocycles. The van der Waals surface area contributed by atoms with Gasteiger partial charge < -0.3 is 25.7 Å². The largest absolute Gasteiger partial charge is 0.444 e. The second-order valence-corrected chi connectivity index (χ2v) is 9.08. The standard InChI is InChI=1S/C22H23BrN6O2/c1-29(2)14-5-3-4-13(9-14)20-27-18-17(15(23)10-25-21(18)28-20)26-16-11-6-7-12(8-11)19(16)31-22(24)30/h3-7,9-12,16,19H,8H2,1-2H3,(H2,24,30)(H2,25,26,27,28)/t11-,12+,16+,19-/m0/s1. The van der Waals surface area contributed by atoms with Crippen molar-refractivity contribution >= 4 is 44.6 Å². The summed E-state index contributed by atoms with van der Waals surface area (Å²) in [7, 11) is 4.01. The number of hydrogen-bond acceptors (Lipinski definition) is 6. The summed E-state index contributed by atoms with van der Waals surface area (Å²) in [5.41, 5.74) is 9.65. The summed E-state index contributed by atoms with van der Waals surface area (Å²) < 4.78 is 6.26. The van der Waals surface area contributed by atoms with Crippen LogP contribution in [0.15, 0.2) is 47.1 Å². The fraction of sp³-hybridized carbons (Fsp3) is 0.318. The van der Waals surface area contributed by atoms with Crippen LogP contribution in [-0.4, -0.2) is 47.3 Å². The number of rotatable bonds is 5. The Kier molecular flexibility index (Phi) is 4.85. The first-order chi connectivity index (χ1) is 14.9. The molecule has 8 nitrogen and oxygen atoms in total. The number of ether oxygens (including phenoxy) is 1. The summed E-state index contributed by atoms with van der Waals surface area (Å²) >= 11 is 3.61. The van der Waals surface area contributed by atoms with E-state index in [1.807, 2.05) is 26.2 Å². The van der Waals surface area contributed by atoms with Gasteiger partial charge in [0.25, 0.3) is 0 Å². The number of nitrogens with one attached hydrogen (secondary N) is 2. The Hall–Kier alpha value is -3.07. The highest BCUT2D eigenvalue weighted by molar-refractivity contribution is 9.10. The second kappa shape index (κ2) is 7.56. The number of hydrogen-bond donors (Lipinski definition) is 3. The normalized spacial score (nSPS) is 24.0. The number of imidazole rings is 1. The maximum atomic E-state index is 11.5. The number of carbonyl (C=O) groups excluding carboxylic acids is 1. The van der Waals surface area contributed by atoms with E-state index in [4.69, 9.17) is 15.5 Å². The number of pyridine rings is 1. The molecule has 1 saturated carbocycles. The van der Waals surface area contributed by atoms with Gasteiger partial charge in [-0.25, -0.2) is 14.8 Å². The number of nitrogens with zero attached hydrogens (tertiary/aromatic N) is 3. The molecule has 1 aromatic carbocycles. The molecule has 4 atom stereocenters. The Morgan fingerprint density at radius 3 is 2.90 bits per heavy atom. The van der Waals surface area contributed by atoms with Crippen molar-refractivity contribution in [1.82, 2.24) is 15.0 Å². The molecular formula is C22H23BrN6O2. The number of nitrogens with two attached hydrogens (primary N) is 1. The highest BCUT2D eigenvalue weighted by atomic mass is 79.9. The van der Waals surface area contributed by atoms with Gasteiger partial charge in [-0.15, -0.1) is 0 Å². The third kappa shape index (κ3) is 3.52. The highest BCUT2D eigenvalue weighted by Gasteiger charge is 2.47. The topological polar surface area (TPSA) is 109 Å². The maximum Gasteiger partial charge on any atom is 0.404 e. The smallest absolute Gasteiger partial charge is 0.404 e. The summed E-state index contributed by atoms with van der Waals surface area (Å²) in [6.07, 6.45) is 5.91. The molecule has 0 spiro atoms. The van der Waals surface area contributed by atoms with Gasteiger partial charge in [0.15, 0.2) is 5.65 Å². The lowest BCUT2D eigenvalue weighted by atomic mass is 9.98. The number of carbonyl (C=O) groups is 1. The van der Waals surface area contributed by atoms with Crippen molar-refractivity contribution in [3.8, 4) is 11.4 Å². The van der Waals surface area contributed by atoms with Crippen molar-refractivity contribution in [2.75, 3.05) is 24.3 Å². The first-order valence-electron chi connectivity index (χ1n) is 10.1. The van der Waals surface area contributed by atoms with Gasteiger partial charge in [0.1, 0.15) is 17.4 Å². The average molecular weight is 483 g/mol. The zero-order valence-electron chi connectivity index (χ0n) is 17.2. The molecule has 3 aromatic rings. The van der Waals surface area contributed by atoms with Crippen molar-refractivity contribution in [3.63, 3.8) is 0 Å². The van der Waals surface area contributed by atoms with Crippen LogP contribution in [-0.2, 0) is 4.74 Å². The lowest BCUT2D eigenvalue weighted by molar-refractivity contribution is 0.0854.